The number of rotatable bonds is 5. The Morgan fingerprint density at radius 3 is 2.53 bits per heavy atom. The SMILES string of the molecule is Cc1ccc(C(=O)Nc2ccc(Cc3nc4cc(C(C)C)ccc4o3)cc2)cc1Cl. The molecule has 5 heteroatoms. The summed E-state index contributed by atoms with van der Waals surface area (Å²) in [4.78, 5) is 17.1. The summed E-state index contributed by atoms with van der Waals surface area (Å²) in [5, 5.41) is 3.48. The molecule has 0 aliphatic heterocycles. The molecule has 1 aromatic heterocycles. The van der Waals surface area contributed by atoms with Gasteiger partial charge in [-0.1, -0.05) is 49.7 Å². The van der Waals surface area contributed by atoms with Crippen molar-refractivity contribution in [1.82, 2.24) is 4.98 Å². The van der Waals surface area contributed by atoms with Crippen LogP contribution in [0.25, 0.3) is 11.1 Å². The number of nitrogens with zero attached hydrogens (tertiary/aromatic N) is 1. The number of amides is 1. The van der Waals surface area contributed by atoms with Crippen molar-refractivity contribution in [2.75, 3.05) is 5.32 Å². The Bertz CT molecular complexity index is 1210. The maximum Gasteiger partial charge on any atom is 0.255 e. The highest BCUT2D eigenvalue weighted by atomic mass is 35.5. The van der Waals surface area contributed by atoms with Gasteiger partial charge in [0.05, 0.1) is 0 Å². The molecule has 4 aromatic rings. The van der Waals surface area contributed by atoms with Crippen LogP contribution in [0.15, 0.2) is 65.1 Å². The molecular formula is C25H23ClN2O2. The predicted octanol–water partition coefficient (Wildman–Crippen LogP) is 6.76. The molecule has 4 nitrogen and oxygen atoms in total. The number of aryl methyl sites for hydroxylation is 1. The fourth-order valence-corrected chi connectivity index (χ4v) is 3.43. The third-order valence-electron chi connectivity index (χ3n) is 5.12. The van der Waals surface area contributed by atoms with Crippen LogP contribution < -0.4 is 5.32 Å². The van der Waals surface area contributed by atoms with E-state index in [0.29, 0.717) is 28.8 Å². The van der Waals surface area contributed by atoms with E-state index in [1.807, 2.05) is 43.3 Å². The number of carbonyl (C=O) groups excluding carboxylic acids is 1. The van der Waals surface area contributed by atoms with Gasteiger partial charge in [-0.2, -0.15) is 0 Å². The summed E-state index contributed by atoms with van der Waals surface area (Å²) in [7, 11) is 0. The van der Waals surface area contributed by atoms with Crippen molar-refractivity contribution < 1.29 is 9.21 Å². The van der Waals surface area contributed by atoms with Gasteiger partial charge >= 0.3 is 0 Å². The monoisotopic (exact) mass is 418 g/mol. The van der Waals surface area contributed by atoms with Gasteiger partial charge in [-0.25, -0.2) is 4.98 Å². The molecule has 30 heavy (non-hydrogen) atoms. The molecular weight excluding hydrogens is 396 g/mol. The molecule has 0 bridgehead atoms. The second-order valence-corrected chi connectivity index (χ2v) is 8.19. The summed E-state index contributed by atoms with van der Waals surface area (Å²) >= 11 is 6.12. The van der Waals surface area contributed by atoms with E-state index in [1.54, 1.807) is 12.1 Å². The van der Waals surface area contributed by atoms with Crippen LogP contribution in [0.5, 0.6) is 0 Å². The maximum atomic E-state index is 12.4. The Morgan fingerprint density at radius 2 is 1.83 bits per heavy atom. The Kier molecular flexibility index (Phi) is 5.60. The van der Waals surface area contributed by atoms with Gasteiger partial charge in [0, 0.05) is 22.7 Å². The summed E-state index contributed by atoms with van der Waals surface area (Å²) in [5.41, 5.74) is 6.19. The van der Waals surface area contributed by atoms with E-state index < -0.39 is 0 Å². The molecule has 0 unspecified atom stereocenters. The van der Waals surface area contributed by atoms with E-state index in [-0.39, 0.29) is 5.91 Å². The highest BCUT2D eigenvalue weighted by Crippen LogP contribution is 2.23. The van der Waals surface area contributed by atoms with E-state index in [9.17, 15) is 4.79 Å². The van der Waals surface area contributed by atoms with Crippen molar-refractivity contribution in [2.24, 2.45) is 0 Å². The summed E-state index contributed by atoms with van der Waals surface area (Å²) in [6, 6.07) is 19.1. The number of benzene rings is 3. The normalized spacial score (nSPS) is 11.2. The van der Waals surface area contributed by atoms with Crippen molar-refractivity contribution >= 4 is 34.3 Å². The van der Waals surface area contributed by atoms with Crippen molar-refractivity contribution in [3.8, 4) is 0 Å². The molecule has 0 saturated heterocycles. The lowest BCUT2D eigenvalue weighted by Gasteiger charge is -2.07. The Labute approximate surface area is 180 Å². The van der Waals surface area contributed by atoms with Gasteiger partial charge < -0.3 is 9.73 Å². The number of halogens is 1. The zero-order chi connectivity index (χ0) is 21.3. The zero-order valence-electron chi connectivity index (χ0n) is 17.2. The molecule has 152 valence electrons. The topological polar surface area (TPSA) is 55.1 Å². The molecule has 0 fully saturated rings. The molecule has 0 aliphatic carbocycles. The Balaban J connectivity index is 1.45. The van der Waals surface area contributed by atoms with E-state index in [4.69, 9.17) is 16.0 Å². The van der Waals surface area contributed by atoms with E-state index in [0.717, 1.165) is 27.9 Å². The maximum absolute atomic E-state index is 12.4. The lowest BCUT2D eigenvalue weighted by Crippen LogP contribution is -2.11. The number of anilines is 1. The number of aromatic nitrogens is 1. The van der Waals surface area contributed by atoms with Gasteiger partial charge in [-0.3, -0.25) is 4.79 Å². The molecule has 0 spiro atoms. The minimum Gasteiger partial charge on any atom is -0.440 e. The molecule has 1 heterocycles. The van der Waals surface area contributed by atoms with Crippen LogP contribution in [-0.4, -0.2) is 10.9 Å². The smallest absolute Gasteiger partial charge is 0.255 e. The van der Waals surface area contributed by atoms with Crippen molar-refractivity contribution in [3.63, 3.8) is 0 Å². The van der Waals surface area contributed by atoms with Crippen LogP contribution in [0.1, 0.15) is 52.7 Å². The minimum atomic E-state index is -0.190. The third kappa shape index (κ3) is 4.39. The van der Waals surface area contributed by atoms with E-state index >= 15 is 0 Å². The first-order valence-corrected chi connectivity index (χ1v) is 10.3. The van der Waals surface area contributed by atoms with E-state index in [2.05, 4.69) is 36.3 Å². The van der Waals surface area contributed by atoms with E-state index in [1.165, 1.54) is 5.56 Å². The predicted molar refractivity (Wildman–Crippen MR) is 121 cm³/mol. The number of nitrogens with one attached hydrogen (secondary N) is 1. The Hall–Kier alpha value is -3.11. The van der Waals surface area contributed by atoms with Gasteiger partial charge in [-0.15, -0.1) is 0 Å². The van der Waals surface area contributed by atoms with Gasteiger partial charge in [-0.05, 0) is 65.9 Å². The van der Waals surface area contributed by atoms with Crippen molar-refractivity contribution in [3.05, 3.63) is 93.8 Å². The summed E-state index contributed by atoms with van der Waals surface area (Å²) in [6.07, 6.45) is 0.591. The lowest BCUT2D eigenvalue weighted by molar-refractivity contribution is 0.102. The number of carbonyl (C=O) groups is 1. The van der Waals surface area contributed by atoms with Crippen LogP contribution in [0.2, 0.25) is 5.02 Å². The molecule has 0 radical (unpaired) electrons. The van der Waals surface area contributed by atoms with Gasteiger partial charge in [0.15, 0.2) is 11.5 Å². The van der Waals surface area contributed by atoms with Crippen LogP contribution in [0.4, 0.5) is 5.69 Å². The molecule has 0 saturated carbocycles. The quantitative estimate of drug-likeness (QED) is 0.389. The Morgan fingerprint density at radius 1 is 1.07 bits per heavy atom. The first-order chi connectivity index (χ1) is 14.4. The average molecular weight is 419 g/mol. The van der Waals surface area contributed by atoms with Crippen LogP contribution in [0, 0.1) is 6.92 Å². The molecule has 1 N–H and O–H groups in total. The molecule has 0 aliphatic rings. The number of oxazole rings is 1. The standard InChI is InChI=1S/C25H23ClN2O2/c1-15(2)18-8-11-23-22(14-18)28-24(30-23)12-17-5-9-20(10-6-17)27-25(29)19-7-4-16(3)21(26)13-19/h4-11,13-15H,12H2,1-3H3,(H,27,29). The molecule has 3 aromatic carbocycles. The molecule has 0 atom stereocenters. The van der Waals surface area contributed by atoms with Crippen LogP contribution >= 0.6 is 11.6 Å². The summed E-state index contributed by atoms with van der Waals surface area (Å²) in [5.74, 6) is 0.940. The fraction of sp³-hybridized carbons (Fsp3) is 0.200. The van der Waals surface area contributed by atoms with Gasteiger partial charge in [0.2, 0.25) is 0 Å². The molecule has 1 amide bonds. The summed E-state index contributed by atoms with van der Waals surface area (Å²) < 4.78 is 5.89. The first-order valence-electron chi connectivity index (χ1n) is 9.95. The minimum absolute atomic E-state index is 0.190. The molecule has 4 rings (SSSR count). The fourth-order valence-electron chi connectivity index (χ4n) is 3.24. The summed E-state index contributed by atoms with van der Waals surface area (Å²) in [6.45, 7) is 6.23. The van der Waals surface area contributed by atoms with Crippen molar-refractivity contribution in [2.45, 2.75) is 33.1 Å². The zero-order valence-corrected chi connectivity index (χ0v) is 18.0. The first kappa shape index (κ1) is 20.2. The second kappa shape index (κ2) is 8.33. The second-order valence-electron chi connectivity index (χ2n) is 7.78. The van der Waals surface area contributed by atoms with Gasteiger partial charge in [0.1, 0.15) is 5.52 Å². The number of fused-ring (bicyclic) bond motifs is 1. The highest BCUT2D eigenvalue weighted by molar-refractivity contribution is 6.31. The van der Waals surface area contributed by atoms with Crippen molar-refractivity contribution in [1.29, 1.82) is 0 Å². The van der Waals surface area contributed by atoms with Crippen LogP contribution in [0.3, 0.4) is 0 Å². The largest absolute Gasteiger partial charge is 0.440 e. The number of hydrogen-bond donors (Lipinski definition) is 1. The van der Waals surface area contributed by atoms with Crippen LogP contribution in [-0.2, 0) is 6.42 Å². The average Bonchev–Trinajstić information content (AvgIpc) is 3.12. The number of hydrogen-bond acceptors (Lipinski definition) is 3. The lowest BCUT2D eigenvalue weighted by atomic mass is 10.0. The third-order valence-corrected chi connectivity index (χ3v) is 5.53. The van der Waals surface area contributed by atoms with Gasteiger partial charge in [0.25, 0.3) is 5.91 Å². The highest BCUT2D eigenvalue weighted by Gasteiger charge is 2.10.